The summed E-state index contributed by atoms with van der Waals surface area (Å²) in [7, 11) is 1.94. The van der Waals surface area contributed by atoms with E-state index in [0.29, 0.717) is 6.04 Å². The van der Waals surface area contributed by atoms with Gasteiger partial charge in [0.05, 0.1) is 23.4 Å². The van der Waals surface area contributed by atoms with Gasteiger partial charge in [-0.3, -0.25) is 4.68 Å². The maximum Gasteiger partial charge on any atom is 0.165 e. The monoisotopic (exact) mass is 309 g/mol. The van der Waals surface area contributed by atoms with Gasteiger partial charge in [-0.2, -0.15) is 5.10 Å². The molecule has 0 aliphatic heterocycles. The third-order valence-electron chi connectivity index (χ3n) is 2.63. The van der Waals surface area contributed by atoms with Gasteiger partial charge in [0.1, 0.15) is 5.75 Å². The Morgan fingerprint density at radius 2 is 2.22 bits per heavy atom. The van der Waals surface area contributed by atoms with E-state index in [1.54, 1.807) is 6.20 Å². The molecule has 1 N–H and O–H groups in total. The number of nitrogens with one attached hydrogen (secondary N) is 1. The summed E-state index contributed by atoms with van der Waals surface area (Å²) < 4.78 is 8.55. The molecule has 1 atom stereocenters. The number of aromatic nitrogens is 2. The Labute approximate surface area is 115 Å². The zero-order chi connectivity index (χ0) is 13.0. The van der Waals surface area contributed by atoms with Gasteiger partial charge in [0.25, 0.3) is 0 Å². The number of hydrogen-bond acceptors (Lipinski definition) is 3. The minimum atomic E-state index is 0.376. The molecule has 0 bridgehead atoms. The summed E-state index contributed by atoms with van der Waals surface area (Å²) in [5.41, 5.74) is 0. The van der Waals surface area contributed by atoms with Crippen molar-refractivity contribution in [1.82, 2.24) is 15.1 Å². The molecule has 0 fully saturated rings. The van der Waals surface area contributed by atoms with Crippen molar-refractivity contribution in [3.05, 3.63) is 41.1 Å². The van der Waals surface area contributed by atoms with Gasteiger partial charge in [0, 0.05) is 6.04 Å². The van der Waals surface area contributed by atoms with Crippen LogP contribution in [0.4, 0.5) is 0 Å². The minimum Gasteiger partial charge on any atom is -0.453 e. The molecule has 1 aromatic heterocycles. The molecule has 0 aliphatic carbocycles. The summed E-state index contributed by atoms with van der Waals surface area (Å²) in [6, 6.07) is 8.13. The summed E-state index contributed by atoms with van der Waals surface area (Å²) in [6.45, 7) is 2.92. The first-order chi connectivity index (χ1) is 8.69. The van der Waals surface area contributed by atoms with Crippen LogP contribution < -0.4 is 10.1 Å². The Bertz CT molecular complexity index is 512. The first kappa shape index (κ1) is 13.1. The van der Waals surface area contributed by atoms with E-state index in [9.17, 15) is 0 Å². The van der Waals surface area contributed by atoms with Crippen LogP contribution in [0.2, 0.25) is 0 Å². The van der Waals surface area contributed by atoms with E-state index >= 15 is 0 Å². The summed E-state index contributed by atoms with van der Waals surface area (Å²) in [4.78, 5) is 0. The average Bonchev–Trinajstić information content (AvgIpc) is 2.79. The molecule has 0 radical (unpaired) electrons. The lowest BCUT2D eigenvalue weighted by molar-refractivity contribution is 0.466. The number of rotatable bonds is 5. The molecule has 96 valence electrons. The number of halogens is 1. The van der Waals surface area contributed by atoms with E-state index in [1.165, 1.54) is 0 Å². The Balaban J connectivity index is 2.05. The van der Waals surface area contributed by atoms with Gasteiger partial charge in [0.2, 0.25) is 0 Å². The first-order valence-corrected chi connectivity index (χ1v) is 6.60. The Hall–Kier alpha value is -1.33. The van der Waals surface area contributed by atoms with Gasteiger partial charge in [-0.05, 0) is 42.0 Å². The molecule has 0 saturated carbocycles. The Morgan fingerprint density at radius 3 is 2.94 bits per heavy atom. The summed E-state index contributed by atoms with van der Waals surface area (Å²) in [5.74, 6) is 1.53. The molecule has 1 aromatic carbocycles. The van der Waals surface area contributed by atoms with E-state index in [1.807, 2.05) is 42.2 Å². The highest BCUT2D eigenvalue weighted by atomic mass is 79.9. The molecular weight excluding hydrogens is 294 g/mol. The fourth-order valence-electron chi connectivity index (χ4n) is 1.52. The van der Waals surface area contributed by atoms with Gasteiger partial charge in [-0.25, -0.2) is 0 Å². The first-order valence-electron chi connectivity index (χ1n) is 5.81. The summed E-state index contributed by atoms with van der Waals surface area (Å²) in [6.07, 6.45) is 3.62. The summed E-state index contributed by atoms with van der Waals surface area (Å²) >= 11 is 3.45. The van der Waals surface area contributed by atoms with Crippen molar-refractivity contribution >= 4 is 15.9 Å². The van der Waals surface area contributed by atoms with Gasteiger partial charge in [-0.1, -0.05) is 12.1 Å². The van der Waals surface area contributed by atoms with Crippen LogP contribution >= 0.6 is 15.9 Å². The molecule has 1 unspecified atom stereocenters. The van der Waals surface area contributed by atoms with E-state index in [2.05, 4.69) is 33.3 Å². The smallest absolute Gasteiger partial charge is 0.165 e. The molecule has 2 rings (SSSR count). The van der Waals surface area contributed by atoms with Crippen LogP contribution in [0.3, 0.4) is 0 Å². The van der Waals surface area contributed by atoms with Crippen LogP contribution in [0.25, 0.3) is 0 Å². The zero-order valence-electron chi connectivity index (χ0n) is 10.4. The van der Waals surface area contributed by atoms with Crippen molar-refractivity contribution in [3.8, 4) is 11.5 Å². The van der Waals surface area contributed by atoms with Crippen LogP contribution in [0.15, 0.2) is 41.1 Å². The van der Waals surface area contributed by atoms with Gasteiger partial charge in [0.15, 0.2) is 5.75 Å². The molecule has 0 aliphatic rings. The van der Waals surface area contributed by atoms with Gasteiger partial charge in [-0.15, -0.1) is 0 Å². The number of benzene rings is 1. The Kier molecular flexibility index (Phi) is 4.38. The maximum atomic E-state index is 5.75. The third-order valence-corrected chi connectivity index (χ3v) is 3.28. The lowest BCUT2D eigenvalue weighted by Crippen LogP contribution is -2.26. The summed E-state index contributed by atoms with van der Waals surface area (Å²) in [5, 5.41) is 7.44. The number of likely N-dealkylation sites (N-methyl/N-ethyl adjacent to an activating group) is 1. The second-order valence-corrected chi connectivity index (χ2v) is 4.97. The highest BCUT2D eigenvalue weighted by Crippen LogP contribution is 2.28. The fourth-order valence-corrected chi connectivity index (χ4v) is 1.89. The van der Waals surface area contributed by atoms with E-state index in [4.69, 9.17) is 4.74 Å². The maximum absolute atomic E-state index is 5.75. The number of hydrogen-bond donors (Lipinski definition) is 1. The average molecular weight is 310 g/mol. The van der Waals surface area contributed by atoms with Crippen molar-refractivity contribution in [3.63, 3.8) is 0 Å². The van der Waals surface area contributed by atoms with Crippen molar-refractivity contribution in [2.45, 2.75) is 19.5 Å². The van der Waals surface area contributed by atoms with Crippen molar-refractivity contribution in [2.24, 2.45) is 0 Å². The number of ether oxygens (including phenoxy) is 1. The van der Waals surface area contributed by atoms with Crippen molar-refractivity contribution in [1.29, 1.82) is 0 Å². The van der Waals surface area contributed by atoms with Gasteiger partial charge >= 0.3 is 0 Å². The predicted molar refractivity (Wildman–Crippen MR) is 75.0 cm³/mol. The Morgan fingerprint density at radius 1 is 1.44 bits per heavy atom. The van der Waals surface area contributed by atoms with Crippen LogP contribution in [0, 0.1) is 0 Å². The van der Waals surface area contributed by atoms with E-state index in [0.717, 1.165) is 22.5 Å². The van der Waals surface area contributed by atoms with Gasteiger partial charge < -0.3 is 10.1 Å². The molecule has 18 heavy (non-hydrogen) atoms. The second-order valence-electron chi connectivity index (χ2n) is 4.12. The van der Waals surface area contributed by atoms with E-state index in [-0.39, 0.29) is 0 Å². The molecule has 0 saturated heterocycles. The normalized spacial score (nSPS) is 12.4. The van der Waals surface area contributed by atoms with Crippen LogP contribution in [-0.4, -0.2) is 22.9 Å². The number of para-hydroxylation sites is 1. The lowest BCUT2D eigenvalue weighted by atomic mass is 10.3. The standard InChI is InChI=1S/C13H16BrN3O/c1-10(15-2)8-17-9-11(7-16-17)18-13-6-4-3-5-12(13)14/h3-7,9-10,15H,8H2,1-2H3. The fraction of sp³-hybridized carbons (Fsp3) is 0.308. The highest BCUT2D eigenvalue weighted by molar-refractivity contribution is 9.10. The third kappa shape index (κ3) is 3.34. The largest absolute Gasteiger partial charge is 0.453 e. The van der Waals surface area contributed by atoms with Crippen LogP contribution in [-0.2, 0) is 6.54 Å². The predicted octanol–water partition coefficient (Wildman–Crippen LogP) is 3.05. The molecule has 5 heteroatoms. The second kappa shape index (κ2) is 6.02. The molecule has 1 heterocycles. The van der Waals surface area contributed by atoms with Crippen LogP contribution in [0.5, 0.6) is 11.5 Å². The van der Waals surface area contributed by atoms with Crippen LogP contribution in [0.1, 0.15) is 6.92 Å². The van der Waals surface area contributed by atoms with E-state index < -0.39 is 0 Å². The molecule has 0 spiro atoms. The topological polar surface area (TPSA) is 39.1 Å². The molecule has 4 nitrogen and oxygen atoms in total. The molecule has 2 aromatic rings. The zero-order valence-corrected chi connectivity index (χ0v) is 12.0. The SMILES string of the molecule is CNC(C)Cn1cc(Oc2ccccc2Br)cn1. The highest BCUT2D eigenvalue weighted by Gasteiger charge is 2.06. The minimum absolute atomic E-state index is 0.376. The quantitative estimate of drug-likeness (QED) is 0.922. The van der Waals surface area contributed by atoms with Crippen molar-refractivity contribution in [2.75, 3.05) is 7.05 Å². The lowest BCUT2D eigenvalue weighted by Gasteiger charge is -2.09. The molecule has 0 amide bonds. The number of nitrogens with zero attached hydrogens (tertiary/aromatic N) is 2. The molecular formula is C13H16BrN3O. The van der Waals surface area contributed by atoms with Crippen molar-refractivity contribution < 1.29 is 4.74 Å².